The molecule has 1 unspecified atom stereocenters. The molecule has 4 rings (SSSR count). The van der Waals surface area contributed by atoms with Gasteiger partial charge >= 0.3 is 0 Å². The second-order valence-corrected chi connectivity index (χ2v) is 8.10. The van der Waals surface area contributed by atoms with Gasteiger partial charge in [-0.1, -0.05) is 34.1 Å². The highest BCUT2D eigenvalue weighted by Crippen LogP contribution is 2.30. The number of phenolic OH excluding ortho intramolecular Hbond substituents is 1. The molecule has 0 aliphatic carbocycles. The number of aromatic hydroxyl groups is 1. The first-order chi connectivity index (χ1) is 13.5. The number of hydrogen-bond acceptors (Lipinski definition) is 4. The van der Waals surface area contributed by atoms with E-state index in [2.05, 4.69) is 20.8 Å². The molecule has 0 bridgehead atoms. The molecule has 2 aliphatic heterocycles. The highest BCUT2D eigenvalue weighted by molar-refractivity contribution is 9.10. The van der Waals surface area contributed by atoms with E-state index in [1.165, 1.54) is 0 Å². The molecule has 146 valence electrons. The van der Waals surface area contributed by atoms with E-state index in [9.17, 15) is 14.7 Å². The fraction of sp³-hybridized carbons (Fsp3) is 0.333. The molecule has 2 aromatic rings. The molecule has 2 fully saturated rings. The summed E-state index contributed by atoms with van der Waals surface area (Å²) in [6.45, 7) is 2.94. The molecule has 0 saturated carbocycles. The molecule has 2 aliphatic rings. The van der Waals surface area contributed by atoms with Crippen LogP contribution in [-0.2, 0) is 9.59 Å². The Hall–Kier alpha value is -2.54. The molecule has 2 amide bonds. The minimum atomic E-state index is -0.303. The summed E-state index contributed by atoms with van der Waals surface area (Å²) < 4.78 is 0.910. The van der Waals surface area contributed by atoms with Gasteiger partial charge in [0.05, 0.1) is 11.6 Å². The van der Waals surface area contributed by atoms with Gasteiger partial charge in [-0.2, -0.15) is 0 Å². The Morgan fingerprint density at radius 1 is 1.04 bits per heavy atom. The van der Waals surface area contributed by atoms with E-state index in [0.717, 1.165) is 15.8 Å². The fourth-order valence-electron chi connectivity index (χ4n) is 3.92. The number of amides is 2. The maximum absolute atomic E-state index is 13.0. The first-order valence-corrected chi connectivity index (χ1v) is 10.2. The first-order valence-electron chi connectivity index (χ1n) is 9.40. The molecule has 0 spiro atoms. The van der Waals surface area contributed by atoms with Gasteiger partial charge in [0.15, 0.2) is 0 Å². The van der Waals surface area contributed by atoms with E-state index in [4.69, 9.17) is 0 Å². The van der Waals surface area contributed by atoms with Gasteiger partial charge in [-0.05, 0) is 30.3 Å². The predicted octanol–water partition coefficient (Wildman–Crippen LogP) is 2.86. The third-order valence-electron chi connectivity index (χ3n) is 5.41. The van der Waals surface area contributed by atoms with Crippen LogP contribution in [0.15, 0.2) is 53.0 Å². The number of halogens is 1. The number of carbonyl (C=O) groups is 2. The zero-order chi connectivity index (χ0) is 19.7. The van der Waals surface area contributed by atoms with Crippen LogP contribution in [0.25, 0.3) is 0 Å². The van der Waals surface area contributed by atoms with Crippen LogP contribution in [0.4, 0.5) is 11.4 Å². The molecular formula is C21H22BrN3O3. The third kappa shape index (κ3) is 3.71. The van der Waals surface area contributed by atoms with E-state index >= 15 is 0 Å². The summed E-state index contributed by atoms with van der Waals surface area (Å²) >= 11 is 3.43. The van der Waals surface area contributed by atoms with E-state index in [0.29, 0.717) is 32.7 Å². The average Bonchev–Trinajstić information content (AvgIpc) is 3.10. The van der Waals surface area contributed by atoms with Gasteiger partial charge in [0.25, 0.3) is 0 Å². The molecule has 7 heteroatoms. The zero-order valence-corrected chi connectivity index (χ0v) is 17.0. The molecule has 2 aromatic carbocycles. The molecule has 2 heterocycles. The topological polar surface area (TPSA) is 64.1 Å². The van der Waals surface area contributed by atoms with E-state index in [1.54, 1.807) is 17.0 Å². The van der Waals surface area contributed by atoms with E-state index < -0.39 is 0 Å². The summed E-state index contributed by atoms with van der Waals surface area (Å²) in [4.78, 5) is 31.1. The maximum atomic E-state index is 13.0. The second kappa shape index (κ2) is 7.83. The lowest BCUT2D eigenvalue weighted by Gasteiger charge is -2.37. The van der Waals surface area contributed by atoms with Crippen LogP contribution in [0.3, 0.4) is 0 Å². The molecule has 1 atom stereocenters. The molecule has 2 saturated heterocycles. The third-order valence-corrected chi connectivity index (χ3v) is 5.90. The summed E-state index contributed by atoms with van der Waals surface area (Å²) in [5.74, 6) is -0.0106. The smallest absolute Gasteiger partial charge is 0.228 e. The lowest BCUT2D eigenvalue weighted by molar-refractivity contribution is -0.136. The van der Waals surface area contributed by atoms with Crippen molar-refractivity contribution < 1.29 is 14.7 Å². The SMILES string of the molecule is O=C(C1CC(=O)N(c2cccc(Br)c2)C1)N1CCN(c2ccccc2O)CC1. The lowest BCUT2D eigenvalue weighted by atomic mass is 10.1. The van der Waals surface area contributed by atoms with Crippen LogP contribution < -0.4 is 9.80 Å². The summed E-state index contributed by atoms with van der Waals surface area (Å²) in [6.07, 6.45) is 0.255. The van der Waals surface area contributed by atoms with Crippen molar-refractivity contribution in [3.05, 3.63) is 53.0 Å². The minimum Gasteiger partial charge on any atom is -0.506 e. The van der Waals surface area contributed by atoms with Crippen LogP contribution in [0, 0.1) is 5.92 Å². The van der Waals surface area contributed by atoms with Crippen molar-refractivity contribution in [2.75, 3.05) is 42.5 Å². The van der Waals surface area contributed by atoms with Gasteiger partial charge < -0.3 is 19.8 Å². The number of para-hydroxylation sites is 2. The number of piperazine rings is 1. The standard InChI is InChI=1S/C21H22BrN3O3/c22-16-4-3-5-17(13-16)25-14-15(12-20(25)27)21(28)24-10-8-23(9-11-24)18-6-1-2-7-19(18)26/h1-7,13,15,26H,8-12,14H2. The normalized spacial score (nSPS) is 20.0. The number of nitrogens with zero attached hydrogens (tertiary/aromatic N) is 3. The van der Waals surface area contributed by atoms with E-state index in [1.807, 2.05) is 41.3 Å². The predicted molar refractivity (Wildman–Crippen MR) is 112 cm³/mol. The van der Waals surface area contributed by atoms with Crippen molar-refractivity contribution in [1.29, 1.82) is 0 Å². The van der Waals surface area contributed by atoms with Crippen molar-refractivity contribution in [3.8, 4) is 5.75 Å². The highest BCUT2D eigenvalue weighted by Gasteiger charge is 2.38. The number of hydrogen-bond donors (Lipinski definition) is 1. The average molecular weight is 444 g/mol. The van der Waals surface area contributed by atoms with Gasteiger partial charge in [-0.3, -0.25) is 9.59 Å². The molecule has 0 aromatic heterocycles. The van der Waals surface area contributed by atoms with Crippen LogP contribution in [-0.4, -0.2) is 54.5 Å². The first kappa shape index (κ1) is 18.8. The van der Waals surface area contributed by atoms with Crippen molar-refractivity contribution in [3.63, 3.8) is 0 Å². The maximum Gasteiger partial charge on any atom is 0.228 e. The van der Waals surface area contributed by atoms with Gasteiger partial charge in [0.1, 0.15) is 5.75 Å². The zero-order valence-electron chi connectivity index (χ0n) is 15.4. The van der Waals surface area contributed by atoms with E-state index in [-0.39, 0.29) is 29.9 Å². The van der Waals surface area contributed by atoms with Crippen molar-refractivity contribution in [2.45, 2.75) is 6.42 Å². The van der Waals surface area contributed by atoms with Crippen LogP contribution in [0.2, 0.25) is 0 Å². The minimum absolute atomic E-state index is 0.00991. The lowest BCUT2D eigenvalue weighted by Crippen LogP contribution is -2.50. The Labute approximate surface area is 172 Å². The molecule has 0 radical (unpaired) electrons. The number of rotatable bonds is 3. The van der Waals surface area contributed by atoms with Crippen LogP contribution in [0.5, 0.6) is 5.75 Å². The molecule has 6 nitrogen and oxygen atoms in total. The number of anilines is 2. The monoisotopic (exact) mass is 443 g/mol. The van der Waals surface area contributed by atoms with Crippen molar-refractivity contribution in [2.24, 2.45) is 5.92 Å². The van der Waals surface area contributed by atoms with Gasteiger partial charge in [-0.25, -0.2) is 0 Å². The Kier molecular flexibility index (Phi) is 5.26. The second-order valence-electron chi connectivity index (χ2n) is 7.19. The fourth-order valence-corrected chi connectivity index (χ4v) is 4.31. The summed E-state index contributed by atoms with van der Waals surface area (Å²) in [7, 11) is 0. The Balaban J connectivity index is 1.38. The largest absolute Gasteiger partial charge is 0.506 e. The summed E-state index contributed by atoms with van der Waals surface area (Å²) in [5.41, 5.74) is 1.62. The van der Waals surface area contributed by atoms with Gasteiger partial charge in [0, 0.05) is 49.3 Å². The Morgan fingerprint density at radius 2 is 1.79 bits per heavy atom. The number of phenols is 1. The highest BCUT2D eigenvalue weighted by atomic mass is 79.9. The van der Waals surface area contributed by atoms with Crippen LogP contribution >= 0.6 is 15.9 Å². The van der Waals surface area contributed by atoms with Gasteiger partial charge in [0.2, 0.25) is 11.8 Å². The molecular weight excluding hydrogens is 422 g/mol. The number of benzene rings is 2. The summed E-state index contributed by atoms with van der Waals surface area (Å²) in [6, 6.07) is 14.8. The van der Waals surface area contributed by atoms with Crippen molar-refractivity contribution in [1.82, 2.24) is 4.90 Å². The molecule has 28 heavy (non-hydrogen) atoms. The number of carbonyl (C=O) groups excluding carboxylic acids is 2. The molecule has 1 N–H and O–H groups in total. The summed E-state index contributed by atoms with van der Waals surface area (Å²) in [5, 5.41) is 10.0. The van der Waals surface area contributed by atoms with Gasteiger partial charge in [-0.15, -0.1) is 0 Å². The quantitative estimate of drug-likeness (QED) is 0.791. The Morgan fingerprint density at radius 3 is 2.50 bits per heavy atom. The van der Waals surface area contributed by atoms with Crippen LogP contribution in [0.1, 0.15) is 6.42 Å². The van der Waals surface area contributed by atoms with Crippen molar-refractivity contribution >= 4 is 39.1 Å². The Bertz CT molecular complexity index is 896.